The summed E-state index contributed by atoms with van der Waals surface area (Å²) >= 11 is 0. The van der Waals surface area contributed by atoms with Crippen molar-refractivity contribution in [1.29, 1.82) is 0 Å². The summed E-state index contributed by atoms with van der Waals surface area (Å²) in [5.74, 6) is 2.90. The van der Waals surface area contributed by atoms with E-state index >= 15 is 4.39 Å². The number of rotatable bonds is 8. The van der Waals surface area contributed by atoms with Gasteiger partial charge in [-0.05, 0) is 79.8 Å². The third kappa shape index (κ3) is 5.71. The van der Waals surface area contributed by atoms with Gasteiger partial charge in [0.15, 0.2) is 12.0 Å². The van der Waals surface area contributed by atoms with Crippen molar-refractivity contribution in [2.24, 2.45) is 0 Å². The molecule has 1 atom stereocenters. The van der Waals surface area contributed by atoms with Crippen LogP contribution >= 0.6 is 0 Å². The number of fused-ring (bicyclic) bond motifs is 2. The number of nitrogens with one attached hydrogen (secondary N) is 1. The number of aromatic nitrogens is 4. The maximum Gasteiger partial charge on any atom is 0.297 e. The van der Waals surface area contributed by atoms with Gasteiger partial charge in [-0.2, -0.15) is 10.1 Å². The van der Waals surface area contributed by atoms with Crippen LogP contribution in [0.2, 0.25) is 0 Å². The Morgan fingerprint density at radius 1 is 1.04 bits per heavy atom. The standard InChI is InChI=1S/C38H37FN4O5/c1-3-23-7-9-24(10-8-23)21-47-36-34(33-22(2)30(39)19-31-29(33)20-40-43(31)32-6-4-5-15-46-32)27(25-11-12-25)18-28-35(36)41-38(42-37(28)44)48-26-13-16-45-17-14-26/h1,7-10,18-20,25-26,32H,4-6,11-17,21H2,2H3,(H,41,42,44). The number of ether oxygens (including phenoxy) is 4. The van der Waals surface area contributed by atoms with Gasteiger partial charge in [-0.3, -0.25) is 9.78 Å². The van der Waals surface area contributed by atoms with Crippen LogP contribution in [0.15, 0.2) is 47.4 Å². The van der Waals surface area contributed by atoms with Crippen LogP contribution in [0.4, 0.5) is 4.39 Å². The highest BCUT2D eigenvalue weighted by atomic mass is 19.1. The second kappa shape index (κ2) is 12.7. The number of aromatic amines is 1. The molecule has 3 fully saturated rings. The van der Waals surface area contributed by atoms with Crippen LogP contribution in [-0.2, 0) is 16.1 Å². The third-order valence-corrected chi connectivity index (χ3v) is 9.71. The molecule has 3 aliphatic rings. The number of halogens is 1. The molecule has 0 amide bonds. The average molecular weight is 649 g/mol. The molecule has 5 aromatic rings. The van der Waals surface area contributed by atoms with Gasteiger partial charge in [0.2, 0.25) is 0 Å². The number of hydrogen-bond acceptors (Lipinski definition) is 7. The minimum Gasteiger partial charge on any atom is -0.486 e. The van der Waals surface area contributed by atoms with Gasteiger partial charge in [-0.25, -0.2) is 9.07 Å². The van der Waals surface area contributed by atoms with E-state index in [9.17, 15) is 4.79 Å². The number of H-pyrrole nitrogens is 1. The monoisotopic (exact) mass is 648 g/mol. The molecule has 4 heterocycles. The maximum absolute atomic E-state index is 16.1. The molecule has 2 saturated heterocycles. The second-order valence-corrected chi connectivity index (χ2v) is 13.0. The molecule has 48 heavy (non-hydrogen) atoms. The van der Waals surface area contributed by atoms with Crippen LogP contribution < -0.4 is 15.0 Å². The van der Waals surface area contributed by atoms with Crippen LogP contribution in [0.5, 0.6) is 11.8 Å². The predicted molar refractivity (Wildman–Crippen MR) is 180 cm³/mol. The van der Waals surface area contributed by atoms with Crippen molar-refractivity contribution in [3.63, 3.8) is 0 Å². The summed E-state index contributed by atoms with van der Waals surface area (Å²) in [5, 5.41) is 5.93. The molecule has 0 radical (unpaired) electrons. The molecule has 0 spiro atoms. The molecular weight excluding hydrogens is 611 g/mol. The van der Waals surface area contributed by atoms with Gasteiger partial charge >= 0.3 is 0 Å². The van der Waals surface area contributed by atoms with E-state index in [1.807, 2.05) is 30.3 Å². The molecule has 246 valence electrons. The predicted octanol–water partition coefficient (Wildman–Crippen LogP) is 7.08. The highest BCUT2D eigenvalue weighted by molar-refractivity contribution is 6.04. The Morgan fingerprint density at radius 2 is 1.85 bits per heavy atom. The smallest absolute Gasteiger partial charge is 0.297 e. The SMILES string of the molecule is C#Cc1ccc(COc2c(-c3c(C)c(F)cc4c3cnn4C3CCCCO3)c(C3CC3)cc3c(=O)[nH]c(OC4CCOCC4)nc23)cc1. The molecule has 1 unspecified atom stereocenters. The van der Waals surface area contributed by atoms with Crippen LogP contribution in [0.25, 0.3) is 32.9 Å². The molecule has 2 aromatic heterocycles. The van der Waals surface area contributed by atoms with Crippen molar-refractivity contribution >= 4 is 21.8 Å². The Kier molecular flexibility index (Phi) is 8.11. The summed E-state index contributed by atoms with van der Waals surface area (Å²) in [4.78, 5) is 21.5. The summed E-state index contributed by atoms with van der Waals surface area (Å²) in [5.41, 5.74) is 5.16. The van der Waals surface area contributed by atoms with E-state index in [0.717, 1.165) is 59.7 Å². The number of hydrogen-bond donors (Lipinski definition) is 1. The lowest BCUT2D eigenvalue weighted by Crippen LogP contribution is -2.27. The first-order valence-corrected chi connectivity index (χ1v) is 16.8. The molecule has 3 aromatic carbocycles. The van der Waals surface area contributed by atoms with E-state index < -0.39 is 0 Å². The zero-order valence-corrected chi connectivity index (χ0v) is 26.9. The summed E-state index contributed by atoms with van der Waals surface area (Å²) in [7, 11) is 0. The van der Waals surface area contributed by atoms with Crippen molar-refractivity contribution in [3.05, 3.63) is 81.0 Å². The summed E-state index contributed by atoms with van der Waals surface area (Å²) in [6, 6.07) is 11.1. The number of terminal acetylenes is 1. The van der Waals surface area contributed by atoms with E-state index in [1.165, 1.54) is 0 Å². The third-order valence-electron chi connectivity index (χ3n) is 9.71. The second-order valence-electron chi connectivity index (χ2n) is 13.0. The van der Waals surface area contributed by atoms with Crippen LogP contribution in [0, 0.1) is 25.1 Å². The molecule has 9 nitrogen and oxygen atoms in total. The van der Waals surface area contributed by atoms with E-state index in [4.69, 9.17) is 35.5 Å². The van der Waals surface area contributed by atoms with Gasteiger partial charge in [0, 0.05) is 47.6 Å². The fourth-order valence-electron chi connectivity index (χ4n) is 6.95. The Balaban J connectivity index is 1.35. The molecule has 2 aliphatic heterocycles. The quantitative estimate of drug-likeness (QED) is 0.180. The number of nitrogens with zero attached hydrogens (tertiary/aromatic N) is 3. The highest BCUT2D eigenvalue weighted by Crippen LogP contribution is 2.52. The first-order chi connectivity index (χ1) is 23.5. The molecule has 10 heteroatoms. The van der Waals surface area contributed by atoms with Crippen molar-refractivity contribution in [3.8, 4) is 35.2 Å². The Labute approximate surface area is 277 Å². The van der Waals surface area contributed by atoms with Crippen LogP contribution in [0.1, 0.15) is 79.3 Å². The summed E-state index contributed by atoms with van der Waals surface area (Å²) in [6.45, 7) is 3.77. The van der Waals surface area contributed by atoms with Crippen LogP contribution in [0.3, 0.4) is 0 Å². The first-order valence-electron chi connectivity index (χ1n) is 16.8. The van der Waals surface area contributed by atoms with Crippen molar-refractivity contribution < 1.29 is 23.3 Å². The molecule has 1 saturated carbocycles. The zero-order valence-electron chi connectivity index (χ0n) is 26.9. The fourth-order valence-corrected chi connectivity index (χ4v) is 6.95. The molecule has 1 N–H and O–H groups in total. The maximum atomic E-state index is 16.1. The Morgan fingerprint density at radius 3 is 2.58 bits per heavy atom. The lowest BCUT2D eigenvalue weighted by Gasteiger charge is -2.24. The van der Waals surface area contributed by atoms with Gasteiger partial charge < -0.3 is 18.9 Å². The largest absolute Gasteiger partial charge is 0.486 e. The summed E-state index contributed by atoms with van der Waals surface area (Å²) < 4.78 is 42.4. The topological polar surface area (TPSA) is 100 Å². The van der Waals surface area contributed by atoms with Crippen molar-refractivity contribution in [2.75, 3.05) is 19.8 Å². The normalized spacial score (nSPS) is 18.6. The molecular formula is C38H37FN4O5. The van der Waals surface area contributed by atoms with Gasteiger partial charge in [0.25, 0.3) is 11.6 Å². The van der Waals surface area contributed by atoms with E-state index in [2.05, 4.69) is 10.9 Å². The van der Waals surface area contributed by atoms with E-state index in [-0.39, 0.29) is 42.2 Å². The Bertz CT molecular complexity index is 2100. The fraction of sp³-hybridized carbons (Fsp3) is 0.395. The number of benzene rings is 3. The summed E-state index contributed by atoms with van der Waals surface area (Å²) in [6.07, 6.45) is 13.1. The molecule has 8 rings (SSSR count). The highest BCUT2D eigenvalue weighted by Gasteiger charge is 2.34. The van der Waals surface area contributed by atoms with Gasteiger partial charge in [-0.15, -0.1) is 6.42 Å². The minimum atomic E-state index is -0.352. The Hall–Kier alpha value is -4.72. The van der Waals surface area contributed by atoms with Gasteiger partial charge in [0.1, 0.15) is 24.0 Å². The van der Waals surface area contributed by atoms with E-state index in [0.29, 0.717) is 66.0 Å². The zero-order chi connectivity index (χ0) is 32.8. The average Bonchev–Trinajstić information content (AvgIpc) is 3.88. The van der Waals surface area contributed by atoms with E-state index in [1.54, 1.807) is 23.9 Å². The molecule has 0 bridgehead atoms. The lowest BCUT2D eigenvalue weighted by atomic mass is 9.89. The van der Waals surface area contributed by atoms with Crippen molar-refractivity contribution in [2.45, 2.75) is 76.7 Å². The van der Waals surface area contributed by atoms with Gasteiger partial charge in [-0.1, -0.05) is 18.1 Å². The minimum absolute atomic E-state index is 0.121. The molecule has 1 aliphatic carbocycles. The van der Waals surface area contributed by atoms with Crippen LogP contribution in [-0.4, -0.2) is 45.7 Å². The van der Waals surface area contributed by atoms with Crippen molar-refractivity contribution in [1.82, 2.24) is 19.7 Å². The first kappa shape index (κ1) is 30.6. The lowest BCUT2D eigenvalue weighted by molar-refractivity contribution is -0.0366. The van der Waals surface area contributed by atoms with Gasteiger partial charge in [0.05, 0.1) is 30.3 Å².